The van der Waals surface area contributed by atoms with E-state index in [1.807, 2.05) is 6.07 Å². The fourth-order valence-electron chi connectivity index (χ4n) is 2.39. The third-order valence-corrected chi connectivity index (χ3v) is 3.92. The van der Waals surface area contributed by atoms with Crippen LogP contribution in [0.4, 0.5) is 0 Å². The van der Waals surface area contributed by atoms with Gasteiger partial charge < -0.3 is 15.7 Å². The van der Waals surface area contributed by atoms with Crippen LogP contribution < -0.4 is 10.6 Å². The zero-order valence-electron chi connectivity index (χ0n) is 14.7. The van der Waals surface area contributed by atoms with Crippen LogP contribution in [0.3, 0.4) is 0 Å². The summed E-state index contributed by atoms with van der Waals surface area (Å²) >= 11 is 0. The lowest BCUT2D eigenvalue weighted by Crippen LogP contribution is -2.58. The molecular weight excluding hydrogens is 332 g/mol. The molecule has 0 bridgehead atoms. The number of carbonyl (C=O) groups is 3. The summed E-state index contributed by atoms with van der Waals surface area (Å²) in [6.45, 7) is 3.06. The van der Waals surface area contributed by atoms with E-state index < -0.39 is 29.4 Å². The zero-order valence-corrected chi connectivity index (χ0v) is 14.7. The molecule has 2 rings (SSSR count). The highest BCUT2D eigenvalue weighted by Crippen LogP contribution is 2.09. The molecule has 2 amide bonds. The van der Waals surface area contributed by atoms with Crippen molar-refractivity contribution in [3.8, 4) is 0 Å². The van der Waals surface area contributed by atoms with E-state index in [1.165, 1.54) is 13.8 Å². The number of carbonyl (C=O) groups excluding carboxylic acids is 2. The largest absolute Gasteiger partial charge is 0.480 e. The van der Waals surface area contributed by atoms with Crippen LogP contribution in [-0.2, 0) is 16.0 Å². The van der Waals surface area contributed by atoms with Gasteiger partial charge in [0.05, 0.1) is 0 Å². The highest BCUT2D eigenvalue weighted by atomic mass is 16.4. The van der Waals surface area contributed by atoms with E-state index in [-0.39, 0.29) is 6.42 Å². The minimum Gasteiger partial charge on any atom is -0.480 e. The topological polar surface area (TPSA) is 95.5 Å². The monoisotopic (exact) mass is 354 g/mol. The van der Waals surface area contributed by atoms with Crippen molar-refractivity contribution >= 4 is 17.8 Å². The van der Waals surface area contributed by atoms with Crippen LogP contribution in [0.25, 0.3) is 0 Å². The van der Waals surface area contributed by atoms with Crippen LogP contribution in [0.5, 0.6) is 0 Å². The second-order valence-corrected chi connectivity index (χ2v) is 6.50. The molecule has 0 aliphatic rings. The maximum absolute atomic E-state index is 12.5. The summed E-state index contributed by atoms with van der Waals surface area (Å²) in [7, 11) is 0. The summed E-state index contributed by atoms with van der Waals surface area (Å²) in [6, 6.07) is 16.5. The van der Waals surface area contributed by atoms with Gasteiger partial charge in [-0.25, -0.2) is 4.79 Å². The van der Waals surface area contributed by atoms with Gasteiger partial charge in [-0.15, -0.1) is 0 Å². The Morgan fingerprint density at radius 2 is 1.50 bits per heavy atom. The number of carboxylic acid groups (broad SMARTS) is 1. The lowest BCUT2D eigenvalue weighted by Gasteiger charge is -2.27. The zero-order chi connectivity index (χ0) is 19.2. The smallest absolute Gasteiger partial charge is 0.326 e. The van der Waals surface area contributed by atoms with E-state index in [1.54, 1.807) is 54.6 Å². The lowest BCUT2D eigenvalue weighted by molar-refractivity contribution is -0.142. The molecule has 26 heavy (non-hydrogen) atoms. The van der Waals surface area contributed by atoms with E-state index in [2.05, 4.69) is 10.6 Å². The van der Waals surface area contributed by atoms with E-state index in [4.69, 9.17) is 0 Å². The standard InChI is InChI=1S/C20H22N2O4/c1-20(2,22-17(23)15-11-7-4-8-12-15)19(26)21-16(18(24)25)13-14-9-5-3-6-10-14/h3-12,16H,13H2,1-2H3,(H,21,26)(H,22,23)(H,24,25)/t16-/m0/s1. The summed E-state index contributed by atoms with van der Waals surface area (Å²) in [4.78, 5) is 36.3. The van der Waals surface area contributed by atoms with Crippen LogP contribution >= 0.6 is 0 Å². The van der Waals surface area contributed by atoms with Gasteiger partial charge in [0.2, 0.25) is 5.91 Å². The molecule has 1 atom stereocenters. The quantitative estimate of drug-likeness (QED) is 0.709. The van der Waals surface area contributed by atoms with Crippen molar-refractivity contribution in [3.63, 3.8) is 0 Å². The Bertz CT molecular complexity index is 773. The predicted molar refractivity (Wildman–Crippen MR) is 97.7 cm³/mol. The van der Waals surface area contributed by atoms with E-state index in [0.717, 1.165) is 5.56 Å². The Kier molecular flexibility index (Phi) is 6.11. The van der Waals surface area contributed by atoms with Crippen LogP contribution in [0.15, 0.2) is 60.7 Å². The Hall–Kier alpha value is -3.15. The Morgan fingerprint density at radius 3 is 2.04 bits per heavy atom. The highest BCUT2D eigenvalue weighted by molar-refractivity contribution is 5.99. The fourth-order valence-corrected chi connectivity index (χ4v) is 2.39. The summed E-state index contributed by atoms with van der Waals surface area (Å²) in [5, 5.41) is 14.6. The first-order chi connectivity index (χ1) is 12.3. The van der Waals surface area contributed by atoms with Crippen molar-refractivity contribution in [1.29, 1.82) is 0 Å². The Labute approximate surface area is 152 Å². The molecule has 2 aromatic rings. The van der Waals surface area contributed by atoms with Gasteiger partial charge >= 0.3 is 5.97 Å². The van der Waals surface area contributed by atoms with Gasteiger partial charge in [0.25, 0.3) is 5.91 Å². The van der Waals surface area contributed by atoms with Crippen LogP contribution in [0.1, 0.15) is 29.8 Å². The number of amides is 2. The molecular formula is C20H22N2O4. The number of hydrogen-bond donors (Lipinski definition) is 3. The number of rotatable bonds is 7. The first-order valence-corrected chi connectivity index (χ1v) is 8.25. The average Bonchev–Trinajstić information content (AvgIpc) is 2.62. The molecule has 2 aromatic carbocycles. The van der Waals surface area contributed by atoms with Crippen molar-refractivity contribution in [3.05, 3.63) is 71.8 Å². The van der Waals surface area contributed by atoms with Crippen LogP contribution in [-0.4, -0.2) is 34.5 Å². The van der Waals surface area contributed by atoms with E-state index in [9.17, 15) is 19.5 Å². The first kappa shape index (κ1) is 19.2. The van der Waals surface area contributed by atoms with Crippen LogP contribution in [0, 0.1) is 0 Å². The number of aliphatic carboxylic acids is 1. The minimum atomic E-state index is -1.27. The van der Waals surface area contributed by atoms with Crippen LogP contribution in [0.2, 0.25) is 0 Å². The summed E-state index contributed by atoms with van der Waals surface area (Å²) in [6.07, 6.45) is 0.157. The maximum Gasteiger partial charge on any atom is 0.326 e. The average molecular weight is 354 g/mol. The molecule has 136 valence electrons. The Morgan fingerprint density at radius 1 is 0.962 bits per heavy atom. The molecule has 0 aliphatic heterocycles. The van der Waals surface area contributed by atoms with Gasteiger partial charge in [-0.3, -0.25) is 9.59 Å². The number of nitrogens with one attached hydrogen (secondary N) is 2. The van der Waals surface area contributed by atoms with Crippen molar-refractivity contribution in [2.45, 2.75) is 31.8 Å². The summed E-state index contributed by atoms with van der Waals surface area (Å²) in [5.74, 6) is -2.10. The molecule has 0 aromatic heterocycles. The van der Waals surface area contributed by atoms with Crippen molar-refractivity contribution in [1.82, 2.24) is 10.6 Å². The predicted octanol–water partition coefficient (Wildman–Crippen LogP) is 2.01. The molecule has 0 unspecified atom stereocenters. The van der Waals surface area contributed by atoms with Gasteiger partial charge in [-0.2, -0.15) is 0 Å². The first-order valence-electron chi connectivity index (χ1n) is 8.25. The van der Waals surface area contributed by atoms with Gasteiger partial charge in [0.15, 0.2) is 0 Å². The number of hydrogen-bond acceptors (Lipinski definition) is 3. The molecule has 0 radical (unpaired) electrons. The van der Waals surface area contributed by atoms with E-state index in [0.29, 0.717) is 5.56 Å². The third kappa shape index (κ3) is 5.17. The molecule has 0 heterocycles. The SMILES string of the molecule is CC(C)(NC(=O)c1ccccc1)C(=O)N[C@@H](Cc1ccccc1)C(=O)O. The van der Waals surface area contributed by atoms with Crippen molar-refractivity contribution < 1.29 is 19.5 Å². The van der Waals surface area contributed by atoms with Gasteiger partial charge in [0.1, 0.15) is 11.6 Å². The minimum absolute atomic E-state index is 0.157. The lowest BCUT2D eigenvalue weighted by atomic mass is 10.0. The highest BCUT2D eigenvalue weighted by Gasteiger charge is 2.33. The molecule has 3 N–H and O–H groups in total. The molecule has 0 spiro atoms. The maximum atomic E-state index is 12.5. The molecule has 6 heteroatoms. The molecule has 0 saturated carbocycles. The number of benzene rings is 2. The fraction of sp³-hybridized carbons (Fsp3) is 0.250. The van der Waals surface area contributed by atoms with Gasteiger partial charge in [-0.05, 0) is 31.5 Å². The summed E-state index contributed by atoms with van der Waals surface area (Å²) in [5.41, 5.74) is -0.0455. The molecule has 6 nitrogen and oxygen atoms in total. The third-order valence-electron chi connectivity index (χ3n) is 3.92. The van der Waals surface area contributed by atoms with E-state index >= 15 is 0 Å². The number of carboxylic acids is 1. The van der Waals surface area contributed by atoms with Gasteiger partial charge in [-0.1, -0.05) is 48.5 Å². The van der Waals surface area contributed by atoms with Crippen molar-refractivity contribution in [2.24, 2.45) is 0 Å². The molecule has 0 aliphatic carbocycles. The normalized spacial score (nSPS) is 12.1. The Balaban J connectivity index is 2.04. The molecule has 0 saturated heterocycles. The molecule has 0 fully saturated rings. The second kappa shape index (κ2) is 8.29. The van der Waals surface area contributed by atoms with Crippen molar-refractivity contribution in [2.75, 3.05) is 0 Å². The van der Waals surface area contributed by atoms with Gasteiger partial charge in [0, 0.05) is 12.0 Å². The summed E-state index contributed by atoms with van der Waals surface area (Å²) < 4.78 is 0. The second-order valence-electron chi connectivity index (χ2n) is 6.50.